The van der Waals surface area contributed by atoms with Crippen LogP contribution in [-0.2, 0) is 6.42 Å². The number of nitrogens with one attached hydrogen (secondary N) is 2. The van der Waals surface area contributed by atoms with Gasteiger partial charge in [-0.15, -0.1) is 10.2 Å². The number of nitrogens with zero attached hydrogens (tertiary/aromatic N) is 7. The second-order valence-electron chi connectivity index (χ2n) is 8.94. The summed E-state index contributed by atoms with van der Waals surface area (Å²) in [5.41, 5.74) is 0. The third-order valence-corrected chi connectivity index (χ3v) is 7.37. The quantitative estimate of drug-likeness (QED) is 0.609. The molecule has 1 atom stereocenters. The van der Waals surface area contributed by atoms with Gasteiger partial charge in [-0.25, -0.2) is 14.6 Å². The number of carbonyl (C=O) groups excluding carboxylic acids is 2. The highest BCUT2D eigenvalue weighted by molar-refractivity contribution is 7.15. The van der Waals surface area contributed by atoms with Crippen molar-refractivity contribution in [3.63, 3.8) is 0 Å². The zero-order chi connectivity index (χ0) is 24.8. The Morgan fingerprint density at radius 1 is 1.23 bits per heavy atom. The van der Waals surface area contributed by atoms with E-state index in [1.807, 2.05) is 11.8 Å². The molecule has 0 spiro atoms. The van der Waals surface area contributed by atoms with E-state index in [0.29, 0.717) is 17.6 Å². The summed E-state index contributed by atoms with van der Waals surface area (Å²) in [4.78, 5) is 39.9. The minimum absolute atomic E-state index is 0.0248. The molecular formula is C22H33N9O3S. The molecule has 0 aliphatic carbocycles. The summed E-state index contributed by atoms with van der Waals surface area (Å²) >= 11 is 1.38. The Morgan fingerprint density at radius 2 is 2.03 bits per heavy atom. The van der Waals surface area contributed by atoms with Gasteiger partial charge in [0.15, 0.2) is 0 Å². The van der Waals surface area contributed by atoms with Crippen molar-refractivity contribution < 1.29 is 14.3 Å². The second-order valence-corrected chi connectivity index (χ2v) is 10.0. The molecule has 4 rings (SSSR count). The molecule has 2 saturated heterocycles. The first-order valence-corrected chi connectivity index (χ1v) is 12.8. The van der Waals surface area contributed by atoms with Gasteiger partial charge in [-0.05, 0) is 52.2 Å². The van der Waals surface area contributed by atoms with Gasteiger partial charge < -0.3 is 24.8 Å². The predicted molar refractivity (Wildman–Crippen MR) is 133 cm³/mol. The fraction of sp³-hybridized carbons (Fsp3) is 0.636. The van der Waals surface area contributed by atoms with Crippen LogP contribution in [0.3, 0.4) is 0 Å². The molecule has 0 unspecified atom stereocenters. The molecule has 190 valence electrons. The first-order valence-electron chi connectivity index (χ1n) is 12.0. The van der Waals surface area contributed by atoms with Gasteiger partial charge in [-0.1, -0.05) is 18.3 Å². The molecule has 2 N–H and O–H groups in total. The van der Waals surface area contributed by atoms with Gasteiger partial charge >= 0.3 is 12.1 Å². The maximum absolute atomic E-state index is 12.7. The van der Waals surface area contributed by atoms with Crippen molar-refractivity contribution in [1.82, 2.24) is 35.3 Å². The molecule has 0 radical (unpaired) electrons. The van der Waals surface area contributed by atoms with Crippen LogP contribution in [0.5, 0.6) is 5.88 Å². The molecule has 2 fully saturated rings. The number of aryl methyl sites for hydroxylation is 1. The largest absolute Gasteiger partial charge is 0.414 e. The maximum Gasteiger partial charge on any atom is 0.414 e. The highest BCUT2D eigenvalue weighted by atomic mass is 32.1. The lowest BCUT2D eigenvalue weighted by molar-refractivity contribution is 0.180. The summed E-state index contributed by atoms with van der Waals surface area (Å²) in [6, 6.07) is 1.44. The van der Waals surface area contributed by atoms with E-state index in [2.05, 4.69) is 42.7 Å². The number of anilines is 2. The van der Waals surface area contributed by atoms with Crippen LogP contribution in [0, 0.1) is 0 Å². The van der Waals surface area contributed by atoms with Crippen LogP contribution in [0.2, 0.25) is 0 Å². The van der Waals surface area contributed by atoms with Gasteiger partial charge in [0.2, 0.25) is 17.0 Å². The van der Waals surface area contributed by atoms with E-state index in [-0.39, 0.29) is 24.0 Å². The number of carbonyl (C=O) groups is 2. The standard InChI is InChI=1S/C22H33N9O3S/c1-4-18-27-28-20(35-18)26-21(32)30(3)16-6-5-11-31(14-16)19-23-10-7-17(25-19)34-22(33)24-15-8-12-29(2)13-9-15/h7,10,15-16H,4-6,8-9,11-14H2,1-3H3,(H,24,33)(H,26,28,32)/t16-/m1/s1. The van der Waals surface area contributed by atoms with E-state index in [4.69, 9.17) is 4.74 Å². The molecule has 2 aliphatic heterocycles. The van der Waals surface area contributed by atoms with Crippen molar-refractivity contribution in [3.05, 3.63) is 17.3 Å². The topological polar surface area (TPSA) is 129 Å². The van der Waals surface area contributed by atoms with Crippen molar-refractivity contribution in [2.75, 3.05) is 50.5 Å². The molecule has 2 aliphatic rings. The molecule has 3 amide bonds. The predicted octanol–water partition coefficient (Wildman–Crippen LogP) is 2.21. The fourth-order valence-corrected chi connectivity index (χ4v) is 4.90. The summed E-state index contributed by atoms with van der Waals surface area (Å²) < 4.78 is 5.44. The first-order chi connectivity index (χ1) is 16.9. The monoisotopic (exact) mass is 503 g/mol. The van der Waals surface area contributed by atoms with Gasteiger partial charge in [-0.2, -0.15) is 4.98 Å². The van der Waals surface area contributed by atoms with E-state index in [1.165, 1.54) is 11.3 Å². The van der Waals surface area contributed by atoms with E-state index < -0.39 is 6.09 Å². The van der Waals surface area contributed by atoms with Crippen molar-refractivity contribution in [1.29, 1.82) is 0 Å². The van der Waals surface area contributed by atoms with Gasteiger partial charge in [-0.3, -0.25) is 5.32 Å². The number of likely N-dealkylation sites (N-methyl/N-ethyl adjacent to an activating group) is 1. The molecule has 2 aromatic heterocycles. The minimum atomic E-state index is -0.500. The minimum Gasteiger partial charge on any atom is -0.391 e. The number of piperidine rings is 2. The number of rotatable bonds is 6. The van der Waals surface area contributed by atoms with Crippen LogP contribution in [0.15, 0.2) is 12.3 Å². The van der Waals surface area contributed by atoms with Crippen molar-refractivity contribution >= 4 is 34.5 Å². The number of hydrogen-bond donors (Lipinski definition) is 2. The van der Waals surface area contributed by atoms with Gasteiger partial charge in [0.05, 0.1) is 6.04 Å². The molecule has 0 bridgehead atoms. The van der Waals surface area contributed by atoms with Crippen molar-refractivity contribution in [2.24, 2.45) is 0 Å². The van der Waals surface area contributed by atoms with Crippen LogP contribution in [0.25, 0.3) is 0 Å². The lowest BCUT2D eigenvalue weighted by atomic mass is 10.1. The Hall–Kier alpha value is -3.06. The average molecular weight is 504 g/mol. The number of likely N-dealkylation sites (tertiary alicyclic amines) is 1. The Bertz CT molecular complexity index is 1010. The lowest BCUT2D eigenvalue weighted by Crippen LogP contribution is -2.50. The van der Waals surface area contributed by atoms with Gasteiger partial charge in [0.25, 0.3) is 0 Å². The van der Waals surface area contributed by atoms with Crippen molar-refractivity contribution in [3.8, 4) is 5.88 Å². The highest BCUT2D eigenvalue weighted by Crippen LogP contribution is 2.22. The fourth-order valence-electron chi connectivity index (χ4n) is 4.23. The molecular weight excluding hydrogens is 470 g/mol. The molecule has 0 aromatic carbocycles. The molecule has 0 saturated carbocycles. The highest BCUT2D eigenvalue weighted by Gasteiger charge is 2.28. The summed E-state index contributed by atoms with van der Waals surface area (Å²) in [6.07, 6.45) is 5.41. The van der Waals surface area contributed by atoms with Crippen LogP contribution >= 0.6 is 11.3 Å². The van der Waals surface area contributed by atoms with E-state index in [9.17, 15) is 9.59 Å². The van der Waals surface area contributed by atoms with E-state index in [0.717, 1.165) is 56.7 Å². The summed E-state index contributed by atoms with van der Waals surface area (Å²) in [5, 5.41) is 15.2. The summed E-state index contributed by atoms with van der Waals surface area (Å²) in [7, 11) is 3.85. The van der Waals surface area contributed by atoms with E-state index in [1.54, 1.807) is 24.2 Å². The molecule has 35 heavy (non-hydrogen) atoms. The zero-order valence-electron chi connectivity index (χ0n) is 20.4. The smallest absolute Gasteiger partial charge is 0.391 e. The average Bonchev–Trinajstić information content (AvgIpc) is 3.32. The van der Waals surface area contributed by atoms with Gasteiger partial charge in [0, 0.05) is 38.4 Å². The Labute approximate surface area is 209 Å². The van der Waals surface area contributed by atoms with Crippen LogP contribution in [0.1, 0.15) is 37.6 Å². The number of urea groups is 1. The molecule has 2 aromatic rings. The van der Waals surface area contributed by atoms with Crippen LogP contribution in [-0.4, -0.2) is 94.4 Å². The number of aromatic nitrogens is 4. The zero-order valence-corrected chi connectivity index (χ0v) is 21.3. The third-order valence-electron chi connectivity index (χ3n) is 6.39. The Balaban J connectivity index is 1.32. The summed E-state index contributed by atoms with van der Waals surface area (Å²) in [6.45, 7) is 5.23. The van der Waals surface area contributed by atoms with Gasteiger partial charge in [0.1, 0.15) is 5.01 Å². The second kappa shape index (κ2) is 11.6. The van der Waals surface area contributed by atoms with Crippen molar-refractivity contribution in [2.45, 2.75) is 51.1 Å². The molecule has 12 nitrogen and oxygen atoms in total. The number of hydrogen-bond acceptors (Lipinski definition) is 10. The first kappa shape index (κ1) is 25.0. The van der Waals surface area contributed by atoms with Crippen LogP contribution in [0.4, 0.5) is 20.7 Å². The SMILES string of the molecule is CCc1nnc(NC(=O)N(C)[C@@H]2CCCN(c3nccc(OC(=O)NC4CCN(C)CC4)n3)C2)s1. The Kier molecular flexibility index (Phi) is 8.29. The lowest BCUT2D eigenvalue weighted by Gasteiger charge is -2.37. The van der Waals surface area contributed by atoms with Crippen LogP contribution < -0.4 is 20.3 Å². The number of ether oxygens (including phenoxy) is 1. The Morgan fingerprint density at radius 3 is 2.77 bits per heavy atom. The van der Waals surface area contributed by atoms with E-state index >= 15 is 0 Å². The third kappa shape index (κ3) is 6.75. The molecule has 13 heteroatoms. The molecule has 4 heterocycles. The maximum atomic E-state index is 12.7. The number of amides is 3. The summed E-state index contributed by atoms with van der Waals surface area (Å²) in [5.74, 6) is 0.682. The normalized spacial score (nSPS) is 19.3.